The zero-order chi connectivity index (χ0) is 37.5. The molecule has 3 rings (SSSR count). The monoisotopic (exact) mass is 726 g/mol. The molecule has 0 bridgehead atoms. The van der Waals surface area contributed by atoms with Crippen LogP contribution < -0.4 is 0 Å². The van der Waals surface area contributed by atoms with E-state index in [2.05, 4.69) is 0 Å². The number of benzene rings is 3. The van der Waals surface area contributed by atoms with Crippen LogP contribution >= 0.6 is 0 Å². The zero-order valence-electron chi connectivity index (χ0n) is 23.1. The molecule has 0 unspecified atom stereocenters. The van der Waals surface area contributed by atoms with Crippen molar-refractivity contribution < 1.29 is 87.8 Å². The Morgan fingerprint density at radius 3 is 0.771 bits per heavy atom. The molecule has 0 aliphatic heterocycles. The van der Waals surface area contributed by atoms with Gasteiger partial charge in [0.2, 0.25) is 17.5 Å². The Morgan fingerprint density at radius 1 is 0.375 bits per heavy atom. The van der Waals surface area contributed by atoms with Gasteiger partial charge in [-0.1, -0.05) is 13.8 Å². The van der Waals surface area contributed by atoms with Gasteiger partial charge in [-0.2, -0.15) is 0 Å². The number of rotatable bonds is 6. The van der Waals surface area contributed by atoms with Crippen LogP contribution in [-0.2, 0) is 5.41 Å². The summed E-state index contributed by atoms with van der Waals surface area (Å²) >= 11 is 0. The van der Waals surface area contributed by atoms with Gasteiger partial charge in [-0.25, -0.2) is 87.8 Å². The van der Waals surface area contributed by atoms with Gasteiger partial charge in [-0.15, -0.1) is 0 Å². The molecule has 0 saturated heterocycles. The van der Waals surface area contributed by atoms with Crippen LogP contribution in [-0.4, -0.2) is 0 Å². The Bertz CT molecular complexity index is 1640. The normalized spacial score (nSPS) is 13.3. The fourth-order valence-corrected chi connectivity index (χ4v) is 4.24. The smallest absolute Gasteiger partial charge is 0.200 e. The average Bonchev–Trinajstić information content (AvgIpc) is 3.06. The largest absolute Gasteiger partial charge is 0.215 e. The molecule has 48 heavy (non-hydrogen) atoms. The number of allylic oxidation sites excluding steroid dienone is 5. The number of hydrogen-bond donors (Lipinski definition) is 0. The van der Waals surface area contributed by atoms with E-state index in [0.717, 1.165) is 0 Å². The molecule has 0 radical (unpaired) electrons. The molecule has 0 nitrogen and oxygen atoms in total. The molecule has 0 atom stereocenters. The molecule has 20 heteroatoms. The van der Waals surface area contributed by atoms with Crippen LogP contribution in [0.15, 0.2) is 35.2 Å². The highest BCUT2D eigenvalue weighted by atomic mass is 19.2. The molecular weight excluding hydrogens is 716 g/mol. The second kappa shape index (κ2) is 14.3. The maximum Gasteiger partial charge on any atom is 0.200 e. The first kappa shape index (κ1) is 39.7. The molecule has 0 saturated carbocycles. The quantitative estimate of drug-likeness (QED) is 0.0780. The zero-order valence-corrected chi connectivity index (χ0v) is 23.1. The van der Waals surface area contributed by atoms with Crippen LogP contribution in [0.2, 0.25) is 0 Å². The van der Waals surface area contributed by atoms with E-state index >= 15 is 30.7 Å². The standard InChI is InChI=1S/C26H4F20.C2H6/c1-3(28)8(29)16(37)9(30)4(2-27)26(5-10(31)17(38)23(44)18(39)11(5)32,6-12(33)19(40)24(45)20(41)13(6)34)7-14(35)21(42)25(46)22(43)15(7)36;1-2/h2H,1H3;1-2H3/b4-2-,8-3-,16-9-;. The maximum atomic E-state index is 15.5. The summed E-state index contributed by atoms with van der Waals surface area (Å²) in [6.07, 6.45) is -1.95. The van der Waals surface area contributed by atoms with Gasteiger partial charge in [0, 0.05) is 22.3 Å². The molecular formula is C28H10F20. The minimum Gasteiger partial charge on any atom is -0.215 e. The summed E-state index contributed by atoms with van der Waals surface area (Å²) in [5, 5.41) is 0. The third-order valence-corrected chi connectivity index (χ3v) is 6.19. The van der Waals surface area contributed by atoms with Crippen LogP contribution in [0.25, 0.3) is 0 Å². The summed E-state index contributed by atoms with van der Waals surface area (Å²) in [6, 6.07) is 0. The van der Waals surface area contributed by atoms with Crippen molar-refractivity contribution in [2.75, 3.05) is 0 Å². The van der Waals surface area contributed by atoms with Gasteiger partial charge >= 0.3 is 0 Å². The van der Waals surface area contributed by atoms with Crippen molar-refractivity contribution in [2.45, 2.75) is 26.2 Å². The first-order valence-corrected chi connectivity index (χ1v) is 12.1. The van der Waals surface area contributed by atoms with Crippen LogP contribution in [0.4, 0.5) is 87.8 Å². The van der Waals surface area contributed by atoms with E-state index in [-0.39, 0.29) is 6.92 Å². The Balaban J connectivity index is 0.00000392. The fraction of sp³-hybridized carbons (Fsp3) is 0.143. The van der Waals surface area contributed by atoms with Crippen molar-refractivity contribution in [3.63, 3.8) is 0 Å². The molecule has 0 aromatic heterocycles. The highest BCUT2D eigenvalue weighted by molar-refractivity contribution is 5.65. The highest BCUT2D eigenvalue weighted by Crippen LogP contribution is 2.55. The van der Waals surface area contributed by atoms with Crippen molar-refractivity contribution in [3.05, 3.63) is 139 Å². The van der Waals surface area contributed by atoms with E-state index in [4.69, 9.17) is 0 Å². The predicted molar refractivity (Wildman–Crippen MR) is 123 cm³/mol. The first-order chi connectivity index (χ1) is 22.2. The fourth-order valence-electron chi connectivity index (χ4n) is 4.24. The molecule has 0 spiro atoms. The summed E-state index contributed by atoms with van der Waals surface area (Å²) < 4.78 is 292. The molecule has 3 aromatic rings. The highest BCUT2D eigenvalue weighted by Gasteiger charge is 2.57. The van der Waals surface area contributed by atoms with Crippen LogP contribution in [0.3, 0.4) is 0 Å². The average molecular weight is 726 g/mol. The Labute approximate surface area is 253 Å². The summed E-state index contributed by atoms with van der Waals surface area (Å²) in [6.45, 7) is 3.92. The Morgan fingerprint density at radius 2 is 0.583 bits per heavy atom. The summed E-state index contributed by atoms with van der Waals surface area (Å²) in [5.74, 6) is -66.5. The first-order valence-electron chi connectivity index (χ1n) is 12.1. The SMILES string of the molecule is CC.C\C(F)=C(F)/C(F)=C(F)\C(=C\F)C(c1c(F)c(F)c(F)c(F)c1F)(c1c(F)c(F)c(F)c(F)c1F)c1c(F)c(F)c(F)c(F)c1F. The molecule has 0 aliphatic carbocycles. The third kappa shape index (κ3) is 5.67. The molecule has 0 aliphatic rings. The lowest BCUT2D eigenvalue weighted by Crippen LogP contribution is -2.41. The molecule has 3 aromatic carbocycles. The Hall–Kier alpha value is -4.52. The van der Waals surface area contributed by atoms with Gasteiger partial charge in [0.25, 0.3) is 0 Å². The van der Waals surface area contributed by atoms with E-state index in [1.807, 2.05) is 13.8 Å². The molecule has 0 amide bonds. The van der Waals surface area contributed by atoms with E-state index in [1.165, 1.54) is 0 Å². The topological polar surface area (TPSA) is 0 Å². The summed E-state index contributed by atoms with van der Waals surface area (Å²) in [4.78, 5) is 0. The van der Waals surface area contributed by atoms with Crippen molar-refractivity contribution in [2.24, 2.45) is 0 Å². The van der Waals surface area contributed by atoms with Gasteiger partial charge in [0.05, 0.1) is 11.7 Å². The molecule has 0 fully saturated rings. The van der Waals surface area contributed by atoms with Crippen molar-refractivity contribution >= 4 is 0 Å². The van der Waals surface area contributed by atoms with Crippen molar-refractivity contribution in [1.82, 2.24) is 0 Å². The minimum atomic E-state index is -6.00. The van der Waals surface area contributed by atoms with Crippen molar-refractivity contribution in [3.8, 4) is 0 Å². The number of hydrogen-bond acceptors (Lipinski definition) is 0. The summed E-state index contributed by atoms with van der Waals surface area (Å²) in [7, 11) is 0. The van der Waals surface area contributed by atoms with Crippen LogP contribution in [0.1, 0.15) is 37.5 Å². The number of halogens is 20. The van der Waals surface area contributed by atoms with Gasteiger partial charge in [0.15, 0.2) is 87.3 Å². The van der Waals surface area contributed by atoms with E-state index in [1.54, 1.807) is 0 Å². The minimum absolute atomic E-state index is 0.0769. The molecule has 0 heterocycles. The summed E-state index contributed by atoms with van der Waals surface area (Å²) in [5.41, 5.74) is -20.3. The van der Waals surface area contributed by atoms with Crippen LogP contribution in [0.5, 0.6) is 0 Å². The van der Waals surface area contributed by atoms with Gasteiger partial charge in [0.1, 0.15) is 5.83 Å². The van der Waals surface area contributed by atoms with E-state index in [0.29, 0.717) is 0 Å². The van der Waals surface area contributed by atoms with E-state index in [9.17, 15) is 57.1 Å². The lowest BCUT2D eigenvalue weighted by atomic mass is 9.63. The van der Waals surface area contributed by atoms with Gasteiger partial charge in [-0.3, -0.25) is 0 Å². The van der Waals surface area contributed by atoms with Crippen LogP contribution in [0, 0.1) is 87.3 Å². The second-order valence-corrected chi connectivity index (χ2v) is 8.58. The molecule has 0 N–H and O–H groups in total. The van der Waals surface area contributed by atoms with Gasteiger partial charge < -0.3 is 0 Å². The third-order valence-electron chi connectivity index (χ3n) is 6.19. The van der Waals surface area contributed by atoms with Crippen molar-refractivity contribution in [1.29, 1.82) is 0 Å². The van der Waals surface area contributed by atoms with E-state index < -0.39 is 145 Å². The lowest BCUT2D eigenvalue weighted by Gasteiger charge is -2.38. The van der Waals surface area contributed by atoms with Gasteiger partial charge in [-0.05, 0) is 6.92 Å². The predicted octanol–water partition coefficient (Wildman–Crippen LogP) is 11.3. The Kier molecular flexibility index (Phi) is 11.8. The maximum absolute atomic E-state index is 15.5. The second-order valence-electron chi connectivity index (χ2n) is 8.58. The molecule has 262 valence electrons. The lowest BCUT2D eigenvalue weighted by molar-refractivity contribution is 0.326.